The summed E-state index contributed by atoms with van der Waals surface area (Å²) in [6.45, 7) is 1.61. The minimum atomic E-state index is 0.453. The number of fused-ring (bicyclic) bond motifs is 6. The van der Waals surface area contributed by atoms with Crippen molar-refractivity contribution >= 4 is 65.4 Å². The fourth-order valence-corrected chi connectivity index (χ4v) is 10.1. The molecule has 0 atom stereocenters. The van der Waals surface area contributed by atoms with Gasteiger partial charge >= 0.3 is 0 Å². The molecule has 0 saturated carbocycles. The van der Waals surface area contributed by atoms with Crippen LogP contribution >= 0.6 is 0 Å². The Kier molecular flexibility index (Phi) is 10.8. The van der Waals surface area contributed by atoms with Crippen molar-refractivity contribution < 1.29 is 0 Å². The fourth-order valence-electron chi connectivity index (χ4n) is 10.1. The molecule has 72 heavy (non-hydrogen) atoms. The zero-order valence-electron chi connectivity index (χ0n) is 39.2. The molecular weight excluding hydrogens is 883 g/mol. The Bertz CT molecular complexity index is 3780. The summed E-state index contributed by atoms with van der Waals surface area (Å²) in [6.07, 6.45) is 0. The summed E-state index contributed by atoms with van der Waals surface area (Å²) < 4.78 is 6.51. The largest absolute Gasteiger partial charge is 0.279 e. The van der Waals surface area contributed by atoms with E-state index in [2.05, 4.69) is 232 Å². The van der Waals surface area contributed by atoms with Crippen molar-refractivity contribution in [2.45, 2.75) is 19.6 Å². The maximum absolute atomic E-state index is 5.60. The quantitative estimate of drug-likeness (QED) is 0.135. The zero-order valence-corrected chi connectivity index (χ0v) is 39.2. The summed E-state index contributed by atoms with van der Waals surface area (Å²) in [5.41, 5.74) is 8.89. The first-order chi connectivity index (χ1) is 35.7. The lowest BCUT2D eigenvalue weighted by Crippen LogP contribution is -2.20. The van der Waals surface area contributed by atoms with Gasteiger partial charge in [0, 0.05) is 32.3 Å². The van der Waals surface area contributed by atoms with Crippen LogP contribution in [0.4, 0.5) is 0 Å². The first-order valence-corrected chi connectivity index (χ1v) is 24.2. The molecular formula is C63H45N9. The highest BCUT2D eigenvalue weighted by Gasteiger charge is 2.22. The van der Waals surface area contributed by atoms with E-state index in [0.29, 0.717) is 37.5 Å². The molecule has 0 radical (unpaired) electrons. The van der Waals surface area contributed by atoms with Crippen LogP contribution in [0.15, 0.2) is 252 Å². The molecule has 9 aromatic carbocycles. The molecule has 0 aliphatic rings. The van der Waals surface area contributed by atoms with Crippen LogP contribution in [0.2, 0.25) is 0 Å². The molecule has 0 aliphatic heterocycles. The van der Waals surface area contributed by atoms with Crippen LogP contribution in [-0.4, -0.2) is 28.7 Å². The van der Waals surface area contributed by atoms with E-state index in [9.17, 15) is 0 Å². The molecule has 13 aromatic rings. The molecule has 0 saturated heterocycles. The van der Waals surface area contributed by atoms with Gasteiger partial charge in [0.1, 0.15) is 0 Å². The number of aromatic nitrogens is 6. The average Bonchev–Trinajstić information content (AvgIpc) is 3.45. The Morgan fingerprint density at radius 2 is 0.431 bits per heavy atom. The van der Waals surface area contributed by atoms with Crippen molar-refractivity contribution in [2.75, 3.05) is 0 Å². The van der Waals surface area contributed by atoms with Crippen LogP contribution in [0.3, 0.4) is 0 Å². The molecule has 0 fully saturated rings. The molecule has 0 unspecified atom stereocenters. The average molecular weight is 928 g/mol. The predicted octanol–water partition coefficient (Wildman–Crippen LogP) is 12.5. The second-order valence-corrected chi connectivity index (χ2v) is 17.8. The highest BCUT2D eigenvalue weighted by atomic mass is 15.3. The minimum Gasteiger partial charge on any atom is -0.279 e. The number of pyridine rings is 3. The van der Waals surface area contributed by atoms with Gasteiger partial charge in [-0.1, -0.05) is 200 Å². The Morgan fingerprint density at radius 1 is 0.236 bits per heavy atom. The number of hydrogen-bond acceptors (Lipinski definition) is 6. The topological polar surface area (TPSA) is 90.5 Å². The first kappa shape index (κ1) is 42.5. The highest BCUT2D eigenvalue weighted by molar-refractivity contribution is 5.97. The van der Waals surface area contributed by atoms with Crippen molar-refractivity contribution in [3.05, 3.63) is 269 Å². The molecule has 4 heterocycles. The molecule has 9 nitrogen and oxygen atoms in total. The second-order valence-electron chi connectivity index (χ2n) is 17.8. The third-order valence-electron chi connectivity index (χ3n) is 13.4. The Balaban J connectivity index is 1.15. The summed E-state index contributed by atoms with van der Waals surface area (Å²) in [6, 6.07) is 81.7. The molecule has 0 amide bonds. The van der Waals surface area contributed by atoms with Gasteiger partial charge in [-0.15, -0.1) is 0 Å². The minimum absolute atomic E-state index is 0.453. The van der Waals surface area contributed by atoms with E-state index >= 15 is 0 Å². The summed E-state index contributed by atoms with van der Waals surface area (Å²) in [7, 11) is 0. The van der Waals surface area contributed by atoms with Gasteiger partial charge in [0.15, 0.2) is 0 Å². The van der Waals surface area contributed by atoms with Crippen LogP contribution in [0.1, 0.15) is 16.7 Å². The van der Waals surface area contributed by atoms with Crippen LogP contribution in [-0.2, 0) is 19.6 Å². The van der Waals surface area contributed by atoms with Gasteiger partial charge in [-0.05, 0) is 53.1 Å². The summed E-state index contributed by atoms with van der Waals surface area (Å²) in [4.78, 5) is 32.8. The molecule has 13 rings (SSSR count). The Hall–Kier alpha value is -9.60. The molecule has 4 aromatic heterocycles. The van der Waals surface area contributed by atoms with Crippen molar-refractivity contribution in [3.8, 4) is 17.8 Å². The van der Waals surface area contributed by atoms with E-state index in [-0.39, 0.29) is 0 Å². The van der Waals surface area contributed by atoms with E-state index in [0.717, 1.165) is 98.2 Å². The molecule has 342 valence electrons. The number of benzene rings is 9. The SMILES string of the molecule is c1ccc(CN=c2c3ccccc3n(-c3nc(-n4c5ccccc5c(=NCc5ccccc5)c5ccccc54)nc(-n4c5ccccc5c(=NCc5ccccc5)c5ccccc54)n3)c3ccccc23)cc1. The molecule has 0 aliphatic carbocycles. The van der Waals surface area contributed by atoms with Gasteiger partial charge < -0.3 is 0 Å². The van der Waals surface area contributed by atoms with Gasteiger partial charge in [0.2, 0.25) is 17.8 Å². The summed E-state index contributed by atoms with van der Waals surface area (Å²) in [5, 5.41) is 8.64. The third-order valence-corrected chi connectivity index (χ3v) is 13.4. The maximum Gasteiger partial charge on any atom is 0.241 e. The smallest absolute Gasteiger partial charge is 0.241 e. The van der Waals surface area contributed by atoms with Gasteiger partial charge in [-0.3, -0.25) is 28.7 Å². The maximum atomic E-state index is 5.60. The van der Waals surface area contributed by atoms with Crippen molar-refractivity contribution in [2.24, 2.45) is 15.0 Å². The molecule has 0 spiro atoms. The normalized spacial score (nSPS) is 11.5. The van der Waals surface area contributed by atoms with Crippen LogP contribution in [0.5, 0.6) is 0 Å². The van der Waals surface area contributed by atoms with Crippen molar-refractivity contribution in [1.82, 2.24) is 28.7 Å². The van der Waals surface area contributed by atoms with E-state index in [4.69, 9.17) is 29.9 Å². The Labute approximate surface area is 414 Å². The molecule has 0 N–H and O–H groups in total. The van der Waals surface area contributed by atoms with Crippen LogP contribution in [0.25, 0.3) is 83.3 Å². The number of hydrogen-bond donors (Lipinski definition) is 0. The van der Waals surface area contributed by atoms with Gasteiger partial charge in [-0.2, -0.15) is 15.0 Å². The monoisotopic (exact) mass is 927 g/mol. The van der Waals surface area contributed by atoms with E-state index in [1.807, 2.05) is 18.2 Å². The molecule has 0 bridgehead atoms. The highest BCUT2D eigenvalue weighted by Crippen LogP contribution is 2.29. The van der Waals surface area contributed by atoms with E-state index in [1.54, 1.807) is 0 Å². The van der Waals surface area contributed by atoms with Crippen molar-refractivity contribution in [3.63, 3.8) is 0 Å². The van der Waals surface area contributed by atoms with Gasteiger partial charge in [0.25, 0.3) is 0 Å². The predicted molar refractivity (Wildman–Crippen MR) is 290 cm³/mol. The van der Waals surface area contributed by atoms with E-state index in [1.165, 1.54) is 0 Å². The van der Waals surface area contributed by atoms with Gasteiger partial charge in [-0.25, -0.2) is 0 Å². The lowest BCUT2D eigenvalue weighted by atomic mass is 10.1. The standard InChI is InChI=1S/C63H45N9/c1-4-22-43(23-5-1)40-64-58-46-28-10-16-34-52(46)70(53-35-17-11-29-47(53)58)61-67-62(71-54-36-18-12-30-48(54)59(49-31-13-19-37-55(49)71)65-41-44-24-6-2-7-25-44)69-63(68-61)72-56-38-20-14-32-50(56)60(51-33-15-21-39-57(51)72)66-42-45-26-8-3-9-27-45/h1-39H,40-42H2. The summed E-state index contributed by atoms with van der Waals surface area (Å²) in [5.74, 6) is 1.36. The number of para-hydroxylation sites is 6. The van der Waals surface area contributed by atoms with Gasteiger partial charge in [0.05, 0.1) is 68.8 Å². The lowest BCUT2D eigenvalue weighted by molar-refractivity contribution is 0.842. The third kappa shape index (κ3) is 7.60. The zero-order chi connectivity index (χ0) is 47.8. The lowest BCUT2D eigenvalue weighted by Gasteiger charge is -2.20. The van der Waals surface area contributed by atoms with Crippen molar-refractivity contribution in [1.29, 1.82) is 0 Å². The first-order valence-electron chi connectivity index (χ1n) is 24.2. The fraction of sp³-hybridized carbons (Fsp3) is 0.0476. The number of rotatable bonds is 9. The summed E-state index contributed by atoms with van der Waals surface area (Å²) >= 11 is 0. The van der Waals surface area contributed by atoms with Crippen LogP contribution in [0, 0.1) is 0 Å². The van der Waals surface area contributed by atoms with Crippen LogP contribution < -0.4 is 16.1 Å². The number of nitrogens with zero attached hydrogens (tertiary/aromatic N) is 9. The molecule has 9 heteroatoms. The second kappa shape index (κ2) is 18.4. The van der Waals surface area contributed by atoms with E-state index < -0.39 is 0 Å². The Morgan fingerprint density at radius 3 is 0.653 bits per heavy atom.